The summed E-state index contributed by atoms with van der Waals surface area (Å²) in [5.41, 5.74) is 2.73. The van der Waals surface area contributed by atoms with Crippen molar-refractivity contribution in [3.8, 4) is 0 Å². The molecule has 2 rings (SSSR count). The van der Waals surface area contributed by atoms with Crippen LogP contribution in [-0.4, -0.2) is 11.2 Å². The largest absolute Gasteiger partial charge is 0.393 e. The van der Waals surface area contributed by atoms with E-state index in [-0.39, 0.29) is 11.5 Å². The van der Waals surface area contributed by atoms with Crippen molar-refractivity contribution < 1.29 is 5.11 Å². The van der Waals surface area contributed by atoms with Gasteiger partial charge in [-0.15, -0.1) is 6.58 Å². The summed E-state index contributed by atoms with van der Waals surface area (Å²) in [6, 6.07) is 0. The third-order valence-corrected chi connectivity index (χ3v) is 4.79. The molecule has 4 atom stereocenters. The van der Waals surface area contributed by atoms with Gasteiger partial charge >= 0.3 is 0 Å². The van der Waals surface area contributed by atoms with Crippen LogP contribution in [0.15, 0.2) is 24.3 Å². The van der Waals surface area contributed by atoms with Gasteiger partial charge in [0.2, 0.25) is 0 Å². The van der Waals surface area contributed by atoms with Gasteiger partial charge in [-0.2, -0.15) is 0 Å². The van der Waals surface area contributed by atoms with Crippen molar-refractivity contribution in [2.24, 2.45) is 17.3 Å². The van der Waals surface area contributed by atoms with Crippen LogP contribution in [-0.2, 0) is 0 Å². The summed E-state index contributed by atoms with van der Waals surface area (Å²) in [6.07, 6.45) is 5.27. The molecule has 0 unspecified atom stereocenters. The monoisotopic (exact) mass is 220 g/mol. The molecule has 0 aromatic carbocycles. The van der Waals surface area contributed by atoms with Gasteiger partial charge in [-0.25, -0.2) is 0 Å². The van der Waals surface area contributed by atoms with Gasteiger partial charge in [0.15, 0.2) is 0 Å². The Kier molecular flexibility index (Phi) is 3.00. The van der Waals surface area contributed by atoms with E-state index >= 15 is 0 Å². The molecule has 1 heteroatoms. The van der Waals surface area contributed by atoms with Crippen molar-refractivity contribution in [3.05, 3.63) is 24.3 Å². The van der Waals surface area contributed by atoms with Gasteiger partial charge in [-0.05, 0) is 50.9 Å². The second-order valence-electron chi connectivity index (χ2n) is 6.16. The van der Waals surface area contributed by atoms with Crippen LogP contribution >= 0.6 is 0 Å². The molecule has 0 spiro atoms. The van der Waals surface area contributed by atoms with Gasteiger partial charge in [0.1, 0.15) is 0 Å². The molecule has 0 amide bonds. The van der Waals surface area contributed by atoms with Crippen LogP contribution in [0, 0.1) is 17.3 Å². The van der Waals surface area contributed by atoms with Crippen molar-refractivity contribution >= 4 is 0 Å². The van der Waals surface area contributed by atoms with E-state index in [4.69, 9.17) is 0 Å². The van der Waals surface area contributed by atoms with Crippen molar-refractivity contribution in [1.29, 1.82) is 0 Å². The van der Waals surface area contributed by atoms with E-state index in [1.165, 1.54) is 17.6 Å². The molecule has 0 bridgehead atoms. The van der Waals surface area contributed by atoms with Gasteiger partial charge in [-0.3, -0.25) is 0 Å². The smallest absolute Gasteiger partial charge is 0.0602 e. The fourth-order valence-electron chi connectivity index (χ4n) is 4.01. The number of fused-ring (bicyclic) bond motifs is 1. The van der Waals surface area contributed by atoms with Crippen LogP contribution in [0.2, 0.25) is 0 Å². The van der Waals surface area contributed by atoms with Crippen molar-refractivity contribution in [2.45, 2.75) is 52.1 Å². The molecular formula is C15H24O. The highest BCUT2D eigenvalue weighted by Gasteiger charge is 2.51. The van der Waals surface area contributed by atoms with Gasteiger partial charge < -0.3 is 5.11 Å². The van der Waals surface area contributed by atoms with Crippen LogP contribution in [0.4, 0.5) is 0 Å². The molecule has 90 valence electrons. The molecular weight excluding hydrogens is 196 g/mol. The topological polar surface area (TPSA) is 20.2 Å². The highest BCUT2D eigenvalue weighted by Crippen LogP contribution is 2.57. The Morgan fingerprint density at radius 2 is 2.19 bits per heavy atom. The molecule has 16 heavy (non-hydrogen) atoms. The Bertz CT molecular complexity index is 317. The van der Waals surface area contributed by atoms with E-state index in [1.807, 2.05) is 0 Å². The standard InChI is InChI=1S/C15H24O/c1-10(2)9-12-7-8-15(4)13(16)6-5-11(3)14(12)15/h12-14,16H,1,3,5-9H2,2,4H3/t12-,13-,14-,15+/m1/s1. The first-order valence-electron chi connectivity index (χ1n) is 6.45. The van der Waals surface area contributed by atoms with E-state index in [0.29, 0.717) is 11.8 Å². The van der Waals surface area contributed by atoms with Gasteiger partial charge in [0.25, 0.3) is 0 Å². The highest BCUT2D eigenvalue weighted by molar-refractivity contribution is 5.18. The molecule has 0 aromatic heterocycles. The van der Waals surface area contributed by atoms with Gasteiger partial charge in [0.05, 0.1) is 6.10 Å². The third kappa shape index (κ3) is 1.75. The minimum atomic E-state index is -0.127. The minimum absolute atomic E-state index is 0.0927. The van der Waals surface area contributed by atoms with Crippen molar-refractivity contribution in [1.82, 2.24) is 0 Å². The quantitative estimate of drug-likeness (QED) is 0.704. The number of aliphatic hydroxyl groups is 1. The maximum Gasteiger partial charge on any atom is 0.0602 e. The first-order valence-corrected chi connectivity index (χ1v) is 6.45. The predicted molar refractivity (Wildman–Crippen MR) is 68.1 cm³/mol. The lowest BCUT2D eigenvalue weighted by Gasteiger charge is -2.44. The molecule has 2 aliphatic rings. The molecule has 2 saturated carbocycles. The average molecular weight is 220 g/mol. The second-order valence-corrected chi connectivity index (χ2v) is 6.16. The molecule has 0 aliphatic heterocycles. The lowest BCUT2D eigenvalue weighted by molar-refractivity contribution is -0.0110. The maximum absolute atomic E-state index is 10.2. The molecule has 2 aliphatic carbocycles. The number of hydrogen-bond donors (Lipinski definition) is 1. The Morgan fingerprint density at radius 1 is 1.50 bits per heavy atom. The average Bonchev–Trinajstić information content (AvgIpc) is 2.52. The Balaban J connectivity index is 2.23. The van der Waals surface area contributed by atoms with Crippen LogP contribution in [0.1, 0.15) is 46.0 Å². The molecule has 0 radical (unpaired) electrons. The van der Waals surface area contributed by atoms with Crippen molar-refractivity contribution in [2.75, 3.05) is 0 Å². The summed E-state index contributed by atoms with van der Waals surface area (Å²) in [7, 11) is 0. The minimum Gasteiger partial charge on any atom is -0.393 e. The Labute approximate surface area is 99.3 Å². The fourth-order valence-corrected chi connectivity index (χ4v) is 4.01. The van der Waals surface area contributed by atoms with Gasteiger partial charge in [0, 0.05) is 5.41 Å². The van der Waals surface area contributed by atoms with E-state index in [0.717, 1.165) is 25.7 Å². The van der Waals surface area contributed by atoms with E-state index in [2.05, 4.69) is 27.0 Å². The zero-order valence-electron chi connectivity index (χ0n) is 10.6. The molecule has 0 saturated heterocycles. The van der Waals surface area contributed by atoms with Crippen LogP contribution in [0.5, 0.6) is 0 Å². The van der Waals surface area contributed by atoms with E-state index in [1.54, 1.807) is 0 Å². The van der Waals surface area contributed by atoms with Crippen LogP contribution in [0.3, 0.4) is 0 Å². The number of allylic oxidation sites excluding steroid dienone is 2. The molecule has 1 nitrogen and oxygen atoms in total. The zero-order valence-corrected chi connectivity index (χ0v) is 10.6. The van der Waals surface area contributed by atoms with Gasteiger partial charge in [-0.1, -0.05) is 24.6 Å². The van der Waals surface area contributed by atoms with Crippen molar-refractivity contribution in [3.63, 3.8) is 0 Å². The predicted octanol–water partition coefficient (Wildman–Crippen LogP) is 3.70. The fraction of sp³-hybridized carbons (Fsp3) is 0.733. The zero-order chi connectivity index (χ0) is 11.9. The second kappa shape index (κ2) is 4.03. The summed E-state index contributed by atoms with van der Waals surface area (Å²) in [4.78, 5) is 0. The first-order chi connectivity index (χ1) is 7.45. The Hall–Kier alpha value is -0.560. The normalized spacial score (nSPS) is 43.2. The summed E-state index contributed by atoms with van der Waals surface area (Å²) in [5, 5.41) is 10.2. The summed E-state index contributed by atoms with van der Waals surface area (Å²) < 4.78 is 0. The van der Waals surface area contributed by atoms with E-state index in [9.17, 15) is 5.11 Å². The third-order valence-electron chi connectivity index (χ3n) is 4.79. The lowest BCUT2D eigenvalue weighted by Crippen LogP contribution is -2.41. The molecule has 0 heterocycles. The van der Waals surface area contributed by atoms with Crippen LogP contribution in [0.25, 0.3) is 0 Å². The SMILES string of the molecule is C=C(C)C[C@H]1CC[C@@]2(C)[C@H](O)CCC(=C)[C@H]12. The molecule has 1 N–H and O–H groups in total. The lowest BCUT2D eigenvalue weighted by atomic mass is 9.63. The summed E-state index contributed by atoms with van der Waals surface area (Å²) in [5.74, 6) is 1.19. The number of hydrogen-bond acceptors (Lipinski definition) is 1. The summed E-state index contributed by atoms with van der Waals surface area (Å²) in [6.45, 7) is 12.6. The first kappa shape index (κ1) is 11.9. The number of aliphatic hydroxyl groups excluding tert-OH is 1. The number of rotatable bonds is 2. The van der Waals surface area contributed by atoms with Crippen LogP contribution < -0.4 is 0 Å². The molecule has 2 fully saturated rings. The Morgan fingerprint density at radius 3 is 2.81 bits per heavy atom. The summed E-state index contributed by atoms with van der Waals surface area (Å²) >= 11 is 0. The highest BCUT2D eigenvalue weighted by atomic mass is 16.3. The van der Waals surface area contributed by atoms with E-state index < -0.39 is 0 Å². The maximum atomic E-state index is 10.2. The molecule has 0 aromatic rings.